The highest BCUT2D eigenvalue weighted by Gasteiger charge is 1.80. The maximum atomic E-state index is 4.82. The van der Waals surface area contributed by atoms with Crippen molar-refractivity contribution in [1.82, 2.24) is 5.32 Å². The van der Waals surface area contributed by atoms with E-state index in [9.17, 15) is 0 Å². The minimum atomic E-state index is 0.743. The number of methoxy groups -OCH3 is 1. The average Bonchev–Trinajstić information content (AvgIpc) is 1.83. The normalized spacial score (nSPS) is 10.5. The minimum absolute atomic E-state index is 0.743. The zero-order valence-electron chi connectivity index (χ0n) is 5.27. The lowest BCUT2D eigenvalue weighted by molar-refractivity contribution is 0.304. The SMILES string of the molecule is C=C/C(=C\NC)OC. The smallest absolute Gasteiger partial charge is 0.133 e. The summed E-state index contributed by atoms with van der Waals surface area (Å²) in [6, 6.07) is 0. The molecule has 0 saturated carbocycles. The molecule has 46 valence electrons. The summed E-state index contributed by atoms with van der Waals surface area (Å²) in [5.41, 5.74) is 0. The Morgan fingerprint density at radius 3 is 2.50 bits per heavy atom. The van der Waals surface area contributed by atoms with Gasteiger partial charge in [0, 0.05) is 13.2 Å². The van der Waals surface area contributed by atoms with E-state index in [1.54, 1.807) is 19.4 Å². The molecule has 0 amide bonds. The van der Waals surface area contributed by atoms with Gasteiger partial charge in [-0.05, 0) is 6.08 Å². The number of nitrogens with one attached hydrogen (secondary N) is 1. The highest BCUT2D eigenvalue weighted by molar-refractivity contribution is 5.06. The summed E-state index contributed by atoms with van der Waals surface area (Å²) in [5, 5.41) is 2.81. The molecule has 0 rings (SSSR count). The van der Waals surface area contributed by atoms with E-state index in [2.05, 4.69) is 11.9 Å². The molecular formula is C6H11NO. The van der Waals surface area contributed by atoms with Crippen LogP contribution in [-0.4, -0.2) is 14.2 Å². The van der Waals surface area contributed by atoms with Crippen LogP contribution in [-0.2, 0) is 4.74 Å². The summed E-state index contributed by atoms with van der Waals surface area (Å²) >= 11 is 0. The molecule has 0 aromatic carbocycles. The van der Waals surface area contributed by atoms with Crippen LogP contribution in [0.5, 0.6) is 0 Å². The standard InChI is InChI=1S/C6H11NO/c1-4-6(8-3)5-7-2/h4-5,7H,1H2,2-3H3/b6-5+. The minimum Gasteiger partial charge on any atom is -0.495 e. The zero-order valence-corrected chi connectivity index (χ0v) is 5.27. The Bertz CT molecular complexity index is 96.7. The summed E-state index contributed by atoms with van der Waals surface area (Å²) in [7, 11) is 3.41. The molecule has 0 bridgehead atoms. The first-order chi connectivity index (χ1) is 3.85. The van der Waals surface area contributed by atoms with E-state index >= 15 is 0 Å². The highest BCUT2D eigenvalue weighted by atomic mass is 16.5. The van der Waals surface area contributed by atoms with Crippen LogP contribution in [0.1, 0.15) is 0 Å². The van der Waals surface area contributed by atoms with Crippen LogP contribution in [0.25, 0.3) is 0 Å². The van der Waals surface area contributed by atoms with Gasteiger partial charge in [0.1, 0.15) is 5.76 Å². The molecular weight excluding hydrogens is 102 g/mol. The first-order valence-electron chi connectivity index (χ1n) is 2.39. The second-order valence-corrected chi connectivity index (χ2v) is 1.24. The van der Waals surface area contributed by atoms with Crippen LogP contribution in [0.2, 0.25) is 0 Å². The molecule has 0 aliphatic heterocycles. The molecule has 2 nitrogen and oxygen atoms in total. The van der Waals surface area contributed by atoms with Crippen LogP contribution in [0.3, 0.4) is 0 Å². The van der Waals surface area contributed by atoms with E-state index in [4.69, 9.17) is 4.74 Å². The lowest BCUT2D eigenvalue weighted by Gasteiger charge is -1.96. The summed E-state index contributed by atoms with van der Waals surface area (Å²) < 4.78 is 4.82. The predicted octanol–water partition coefficient (Wildman–Crippen LogP) is 0.880. The Morgan fingerprint density at radius 1 is 1.75 bits per heavy atom. The van der Waals surface area contributed by atoms with Crippen molar-refractivity contribution in [2.75, 3.05) is 14.2 Å². The van der Waals surface area contributed by atoms with Crippen LogP contribution in [0, 0.1) is 0 Å². The average molecular weight is 113 g/mol. The number of hydrogen-bond acceptors (Lipinski definition) is 2. The van der Waals surface area contributed by atoms with Gasteiger partial charge >= 0.3 is 0 Å². The van der Waals surface area contributed by atoms with Crippen molar-refractivity contribution in [2.24, 2.45) is 0 Å². The fourth-order valence-electron chi connectivity index (χ4n) is 0.343. The molecule has 0 heterocycles. The van der Waals surface area contributed by atoms with Crippen LogP contribution in [0.15, 0.2) is 24.6 Å². The number of allylic oxidation sites excluding steroid dienone is 1. The monoisotopic (exact) mass is 113 g/mol. The van der Waals surface area contributed by atoms with Gasteiger partial charge in [0.2, 0.25) is 0 Å². The molecule has 0 spiro atoms. The molecule has 0 radical (unpaired) electrons. The molecule has 0 fully saturated rings. The topological polar surface area (TPSA) is 21.3 Å². The lowest BCUT2D eigenvalue weighted by Crippen LogP contribution is -1.95. The van der Waals surface area contributed by atoms with E-state index in [0.29, 0.717) is 0 Å². The molecule has 0 unspecified atom stereocenters. The maximum absolute atomic E-state index is 4.82. The lowest BCUT2D eigenvalue weighted by atomic mass is 10.5. The van der Waals surface area contributed by atoms with Crippen molar-refractivity contribution in [1.29, 1.82) is 0 Å². The number of ether oxygens (including phenoxy) is 1. The fourth-order valence-corrected chi connectivity index (χ4v) is 0.343. The molecule has 0 aromatic rings. The van der Waals surface area contributed by atoms with Crippen LogP contribution in [0.4, 0.5) is 0 Å². The molecule has 0 atom stereocenters. The molecule has 0 aliphatic rings. The van der Waals surface area contributed by atoms with Crippen molar-refractivity contribution >= 4 is 0 Å². The second-order valence-electron chi connectivity index (χ2n) is 1.24. The Balaban J connectivity index is 3.66. The largest absolute Gasteiger partial charge is 0.495 e. The van der Waals surface area contributed by atoms with Gasteiger partial charge in [0.05, 0.1) is 7.11 Å². The first kappa shape index (κ1) is 7.08. The molecule has 0 aromatic heterocycles. The van der Waals surface area contributed by atoms with Gasteiger partial charge in [-0.2, -0.15) is 0 Å². The maximum Gasteiger partial charge on any atom is 0.133 e. The summed E-state index contributed by atoms with van der Waals surface area (Å²) in [5.74, 6) is 0.743. The molecule has 0 saturated heterocycles. The van der Waals surface area contributed by atoms with Crippen molar-refractivity contribution in [2.45, 2.75) is 0 Å². The van der Waals surface area contributed by atoms with Crippen molar-refractivity contribution < 1.29 is 4.74 Å². The molecule has 2 heteroatoms. The van der Waals surface area contributed by atoms with Crippen molar-refractivity contribution in [3.63, 3.8) is 0 Å². The Hall–Kier alpha value is -0.920. The van der Waals surface area contributed by atoms with E-state index in [1.807, 2.05) is 7.05 Å². The Labute approximate surface area is 49.8 Å². The van der Waals surface area contributed by atoms with Crippen molar-refractivity contribution in [3.8, 4) is 0 Å². The van der Waals surface area contributed by atoms with Crippen LogP contribution < -0.4 is 5.32 Å². The second kappa shape index (κ2) is 4.24. The van der Waals surface area contributed by atoms with Gasteiger partial charge in [-0.3, -0.25) is 0 Å². The van der Waals surface area contributed by atoms with Gasteiger partial charge < -0.3 is 10.1 Å². The molecule has 0 aliphatic carbocycles. The van der Waals surface area contributed by atoms with Gasteiger partial charge in [-0.1, -0.05) is 6.58 Å². The van der Waals surface area contributed by atoms with Gasteiger partial charge in [-0.15, -0.1) is 0 Å². The third kappa shape index (κ3) is 2.29. The number of hydrogen-bond donors (Lipinski definition) is 1. The van der Waals surface area contributed by atoms with E-state index in [1.165, 1.54) is 0 Å². The molecule has 1 N–H and O–H groups in total. The van der Waals surface area contributed by atoms with E-state index < -0.39 is 0 Å². The quantitative estimate of drug-likeness (QED) is 0.433. The summed E-state index contributed by atoms with van der Waals surface area (Å²) in [6.07, 6.45) is 3.36. The third-order valence-electron chi connectivity index (χ3n) is 0.723. The van der Waals surface area contributed by atoms with E-state index in [-0.39, 0.29) is 0 Å². The predicted molar refractivity (Wildman–Crippen MR) is 34.3 cm³/mol. The van der Waals surface area contributed by atoms with Gasteiger partial charge in [0.15, 0.2) is 0 Å². The summed E-state index contributed by atoms with van der Waals surface area (Å²) in [4.78, 5) is 0. The fraction of sp³-hybridized carbons (Fsp3) is 0.333. The Morgan fingerprint density at radius 2 is 2.38 bits per heavy atom. The zero-order chi connectivity index (χ0) is 6.41. The van der Waals surface area contributed by atoms with E-state index in [0.717, 1.165) is 5.76 Å². The highest BCUT2D eigenvalue weighted by Crippen LogP contribution is 1.90. The van der Waals surface area contributed by atoms with Crippen LogP contribution >= 0.6 is 0 Å². The number of rotatable bonds is 3. The van der Waals surface area contributed by atoms with Gasteiger partial charge in [-0.25, -0.2) is 0 Å². The first-order valence-corrected chi connectivity index (χ1v) is 2.39. The Kier molecular flexibility index (Phi) is 3.76. The summed E-state index contributed by atoms with van der Waals surface area (Å²) in [6.45, 7) is 3.52. The third-order valence-corrected chi connectivity index (χ3v) is 0.723. The van der Waals surface area contributed by atoms with Gasteiger partial charge in [0.25, 0.3) is 0 Å². The molecule has 8 heavy (non-hydrogen) atoms. The van der Waals surface area contributed by atoms with Crippen molar-refractivity contribution in [3.05, 3.63) is 24.6 Å².